The summed E-state index contributed by atoms with van der Waals surface area (Å²) in [7, 11) is 0. The van der Waals surface area contributed by atoms with Crippen LogP contribution in [0.1, 0.15) is 32.6 Å². The predicted octanol–water partition coefficient (Wildman–Crippen LogP) is 1.05. The first kappa shape index (κ1) is 11.8. The number of nitrogens with one attached hydrogen (secondary N) is 1. The maximum Gasteiger partial charge on any atom is 0.317 e. The summed E-state index contributed by atoms with van der Waals surface area (Å²) in [5.41, 5.74) is 0. The smallest absolute Gasteiger partial charge is 0.317 e. The molecule has 15 heavy (non-hydrogen) atoms. The highest BCUT2D eigenvalue weighted by Crippen LogP contribution is 2.24. The van der Waals surface area contributed by atoms with E-state index in [1.165, 1.54) is 6.42 Å². The average molecular weight is 214 g/mol. The maximum absolute atomic E-state index is 11.6. The SMILES string of the molecule is CCN(C(=O)NCCC(=O)O)C1CCC1. The molecule has 5 heteroatoms. The number of amides is 2. The molecule has 0 spiro atoms. The van der Waals surface area contributed by atoms with Gasteiger partial charge in [-0.25, -0.2) is 4.79 Å². The van der Waals surface area contributed by atoms with Crippen LogP contribution in [0.2, 0.25) is 0 Å². The molecule has 0 aromatic heterocycles. The Morgan fingerprint density at radius 3 is 2.53 bits per heavy atom. The normalized spacial score (nSPS) is 15.5. The fourth-order valence-electron chi connectivity index (χ4n) is 1.64. The summed E-state index contributed by atoms with van der Waals surface area (Å²) in [4.78, 5) is 23.7. The zero-order chi connectivity index (χ0) is 11.3. The Morgan fingerprint density at radius 2 is 2.13 bits per heavy atom. The van der Waals surface area contributed by atoms with E-state index in [1.807, 2.05) is 6.92 Å². The van der Waals surface area contributed by atoms with Gasteiger partial charge in [-0.2, -0.15) is 0 Å². The third kappa shape index (κ3) is 3.42. The van der Waals surface area contributed by atoms with Gasteiger partial charge in [0.1, 0.15) is 0 Å². The van der Waals surface area contributed by atoms with Crippen LogP contribution in [0.3, 0.4) is 0 Å². The number of hydrogen-bond acceptors (Lipinski definition) is 2. The summed E-state index contributed by atoms with van der Waals surface area (Å²) in [6.07, 6.45) is 3.30. The third-order valence-electron chi connectivity index (χ3n) is 2.73. The molecule has 1 fully saturated rings. The van der Waals surface area contributed by atoms with Crippen LogP contribution in [0.5, 0.6) is 0 Å². The molecule has 0 aromatic rings. The average Bonchev–Trinajstić information content (AvgIpc) is 2.09. The van der Waals surface area contributed by atoms with E-state index in [0.717, 1.165) is 12.8 Å². The lowest BCUT2D eigenvalue weighted by Crippen LogP contribution is -2.49. The van der Waals surface area contributed by atoms with Crippen molar-refractivity contribution < 1.29 is 14.7 Å². The minimum absolute atomic E-state index is 0.0199. The van der Waals surface area contributed by atoms with Gasteiger partial charge in [-0.3, -0.25) is 4.79 Å². The molecule has 1 aliphatic rings. The van der Waals surface area contributed by atoms with Crippen LogP contribution >= 0.6 is 0 Å². The molecule has 86 valence electrons. The topological polar surface area (TPSA) is 69.6 Å². The standard InChI is InChI=1S/C10H18N2O3/c1-2-12(8-4-3-5-8)10(15)11-7-6-9(13)14/h8H,2-7H2,1H3,(H,11,15)(H,13,14). The lowest BCUT2D eigenvalue weighted by Gasteiger charge is -2.36. The van der Waals surface area contributed by atoms with Crippen molar-refractivity contribution in [1.82, 2.24) is 10.2 Å². The molecule has 1 saturated carbocycles. The maximum atomic E-state index is 11.6. The van der Waals surface area contributed by atoms with Crippen molar-refractivity contribution in [2.75, 3.05) is 13.1 Å². The van der Waals surface area contributed by atoms with Crippen molar-refractivity contribution in [3.05, 3.63) is 0 Å². The molecule has 0 saturated heterocycles. The lowest BCUT2D eigenvalue weighted by atomic mass is 9.92. The van der Waals surface area contributed by atoms with E-state index in [9.17, 15) is 9.59 Å². The number of urea groups is 1. The van der Waals surface area contributed by atoms with E-state index in [-0.39, 0.29) is 19.0 Å². The van der Waals surface area contributed by atoms with Crippen molar-refractivity contribution in [3.63, 3.8) is 0 Å². The second kappa shape index (κ2) is 5.58. The predicted molar refractivity (Wildman–Crippen MR) is 55.7 cm³/mol. The quantitative estimate of drug-likeness (QED) is 0.718. The Hall–Kier alpha value is -1.26. The molecule has 0 radical (unpaired) electrons. The Balaban J connectivity index is 2.26. The van der Waals surface area contributed by atoms with E-state index in [4.69, 9.17) is 5.11 Å². The van der Waals surface area contributed by atoms with Gasteiger partial charge in [0.25, 0.3) is 0 Å². The highest BCUT2D eigenvalue weighted by atomic mass is 16.4. The highest BCUT2D eigenvalue weighted by Gasteiger charge is 2.27. The number of rotatable bonds is 5. The molecule has 2 amide bonds. The van der Waals surface area contributed by atoms with Crippen molar-refractivity contribution >= 4 is 12.0 Å². The molecular weight excluding hydrogens is 196 g/mol. The Labute approximate surface area is 89.4 Å². The Morgan fingerprint density at radius 1 is 1.47 bits per heavy atom. The summed E-state index contributed by atoms with van der Waals surface area (Å²) < 4.78 is 0. The summed E-state index contributed by atoms with van der Waals surface area (Å²) in [5.74, 6) is -0.887. The van der Waals surface area contributed by atoms with E-state index < -0.39 is 5.97 Å². The van der Waals surface area contributed by atoms with E-state index >= 15 is 0 Å². The van der Waals surface area contributed by atoms with Gasteiger partial charge >= 0.3 is 12.0 Å². The fraction of sp³-hybridized carbons (Fsp3) is 0.800. The number of carbonyl (C=O) groups excluding carboxylic acids is 1. The van der Waals surface area contributed by atoms with Gasteiger partial charge in [-0.05, 0) is 26.2 Å². The summed E-state index contributed by atoms with van der Waals surface area (Å²) in [6, 6.07) is 0.225. The van der Waals surface area contributed by atoms with Gasteiger partial charge in [0.15, 0.2) is 0 Å². The van der Waals surface area contributed by atoms with Crippen molar-refractivity contribution in [3.8, 4) is 0 Å². The van der Waals surface area contributed by atoms with Crippen LogP contribution in [0.15, 0.2) is 0 Å². The van der Waals surface area contributed by atoms with Gasteiger partial charge in [-0.1, -0.05) is 0 Å². The second-order valence-electron chi connectivity index (χ2n) is 3.75. The molecular formula is C10H18N2O3. The zero-order valence-electron chi connectivity index (χ0n) is 9.03. The Bertz CT molecular complexity index is 239. The van der Waals surface area contributed by atoms with Crippen LogP contribution in [-0.4, -0.2) is 41.1 Å². The third-order valence-corrected chi connectivity index (χ3v) is 2.73. The van der Waals surface area contributed by atoms with Gasteiger partial charge in [-0.15, -0.1) is 0 Å². The molecule has 1 aliphatic carbocycles. The van der Waals surface area contributed by atoms with Crippen molar-refractivity contribution in [1.29, 1.82) is 0 Å². The van der Waals surface area contributed by atoms with Crippen molar-refractivity contribution in [2.45, 2.75) is 38.6 Å². The fourth-order valence-corrected chi connectivity index (χ4v) is 1.64. The first-order chi connectivity index (χ1) is 7.15. The summed E-state index contributed by atoms with van der Waals surface area (Å²) in [6.45, 7) is 2.83. The van der Waals surface area contributed by atoms with E-state index in [2.05, 4.69) is 5.32 Å². The number of nitrogens with zero attached hydrogens (tertiary/aromatic N) is 1. The van der Waals surface area contributed by atoms with Crippen LogP contribution in [0, 0.1) is 0 Å². The van der Waals surface area contributed by atoms with Gasteiger partial charge in [0.2, 0.25) is 0 Å². The van der Waals surface area contributed by atoms with E-state index in [0.29, 0.717) is 12.6 Å². The number of aliphatic carboxylic acids is 1. The highest BCUT2D eigenvalue weighted by molar-refractivity contribution is 5.75. The first-order valence-corrected chi connectivity index (χ1v) is 5.41. The largest absolute Gasteiger partial charge is 0.481 e. The van der Waals surface area contributed by atoms with Crippen LogP contribution in [-0.2, 0) is 4.79 Å². The molecule has 1 rings (SSSR count). The number of hydrogen-bond donors (Lipinski definition) is 2. The summed E-state index contributed by atoms with van der Waals surface area (Å²) in [5, 5.41) is 11.0. The molecule has 5 nitrogen and oxygen atoms in total. The number of carbonyl (C=O) groups is 2. The Kier molecular flexibility index (Phi) is 4.39. The molecule has 0 bridgehead atoms. The van der Waals surface area contributed by atoms with Crippen molar-refractivity contribution in [2.24, 2.45) is 0 Å². The van der Waals surface area contributed by atoms with Crippen LogP contribution in [0.25, 0.3) is 0 Å². The lowest BCUT2D eigenvalue weighted by molar-refractivity contribution is -0.136. The molecule has 0 aromatic carbocycles. The minimum atomic E-state index is -0.887. The van der Waals surface area contributed by atoms with Crippen LogP contribution < -0.4 is 5.32 Å². The minimum Gasteiger partial charge on any atom is -0.481 e. The first-order valence-electron chi connectivity index (χ1n) is 5.41. The number of carboxylic acids is 1. The zero-order valence-corrected chi connectivity index (χ0v) is 9.03. The number of carboxylic acid groups (broad SMARTS) is 1. The second-order valence-corrected chi connectivity index (χ2v) is 3.75. The summed E-state index contributed by atoms with van der Waals surface area (Å²) >= 11 is 0. The molecule has 0 aliphatic heterocycles. The molecule has 0 atom stereocenters. The van der Waals surface area contributed by atoms with E-state index in [1.54, 1.807) is 4.90 Å². The monoisotopic (exact) mass is 214 g/mol. The van der Waals surface area contributed by atoms with Crippen LogP contribution in [0.4, 0.5) is 4.79 Å². The molecule has 0 heterocycles. The van der Waals surface area contributed by atoms with Gasteiger partial charge < -0.3 is 15.3 Å². The molecule has 2 N–H and O–H groups in total. The molecule has 0 unspecified atom stereocenters. The van der Waals surface area contributed by atoms with Gasteiger partial charge in [0, 0.05) is 19.1 Å². The van der Waals surface area contributed by atoms with Gasteiger partial charge in [0.05, 0.1) is 6.42 Å².